The fraction of sp³-hybridized carbons (Fsp3) is 0.375. The molecule has 0 saturated heterocycles. The Morgan fingerprint density at radius 1 is 1.16 bits per heavy atom. The van der Waals surface area contributed by atoms with E-state index >= 15 is 0 Å². The van der Waals surface area contributed by atoms with Crippen LogP contribution in [0.3, 0.4) is 0 Å². The summed E-state index contributed by atoms with van der Waals surface area (Å²) in [5.74, 6) is 1.55. The summed E-state index contributed by atoms with van der Waals surface area (Å²) < 4.78 is 3.85. The van der Waals surface area contributed by atoms with Crippen molar-refractivity contribution in [2.45, 2.75) is 26.9 Å². The maximum atomic E-state index is 4.43. The van der Waals surface area contributed by atoms with Crippen LogP contribution in [-0.4, -0.2) is 37.4 Å². The summed E-state index contributed by atoms with van der Waals surface area (Å²) in [7, 11) is 3.70. The van der Waals surface area contributed by atoms with Gasteiger partial charge in [-0.3, -0.25) is 14.1 Å². The van der Waals surface area contributed by atoms with E-state index < -0.39 is 0 Å². The van der Waals surface area contributed by atoms with Crippen molar-refractivity contribution in [3.05, 3.63) is 47.2 Å². The fourth-order valence-corrected chi connectivity index (χ4v) is 2.64. The Morgan fingerprint density at radius 2 is 1.92 bits per heavy atom. The first-order valence-electron chi connectivity index (χ1n) is 7.82. The number of fused-ring (bicyclic) bond motifs is 1. The van der Waals surface area contributed by atoms with Crippen LogP contribution in [0.25, 0.3) is 5.65 Å². The summed E-state index contributed by atoms with van der Waals surface area (Å²) in [5, 5.41) is 19.4. The van der Waals surface area contributed by atoms with E-state index in [0.717, 1.165) is 22.9 Å². The molecule has 25 heavy (non-hydrogen) atoms. The number of aliphatic imine (C=N–C) groups is 1. The topological polar surface area (TPSA) is 84.4 Å². The third-order valence-electron chi connectivity index (χ3n) is 4.11. The smallest absolute Gasteiger partial charge is 0.191 e. The number of aryl methyl sites for hydroxylation is 2. The van der Waals surface area contributed by atoms with Crippen molar-refractivity contribution in [2.75, 3.05) is 7.05 Å². The molecular formula is C16H23IN8. The van der Waals surface area contributed by atoms with Crippen LogP contribution < -0.4 is 10.6 Å². The van der Waals surface area contributed by atoms with Crippen molar-refractivity contribution in [1.82, 2.24) is 35.0 Å². The zero-order valence-electron chi connectivity index (χ0n) is 14.8. The number of halogens is 1. The molecule has 0 spiro atoms. The molecule has 8 nitrogen and oxygen atoms in total. The molecule has 3 rings (SSSR count). The summed E-state index contributed by atoms with van der Waals surface area (Å²) >= 11 is 0. The second-order valence-corrected chi connectivity index (χ2v) is 5.60. The Bertz CT molecular complexity index is 880. The van der Waals surface area contributed by atoms with E-state index in [4.69, 9.17) is 0 Å². The van der Waals surface area contributed by atoms with Crippen LogP contribution in [0.1, 0.15) is 22.8 Å². The number of nitrogens with zero attached hydrogens (tertiary/aromatic N) is 6. The van der Waals surface area contributed by atoms with E-state index in [1.165, 1.54) is 5.56 Å². The predicted molar refractivity (Wildman–Crippen MR) is 108 cm³/mol. The molecule has 0 aliphatic carbocycles. The number of guanidine groups is 1. The van der Waals surface area contributed by atoms with Crippen molar-refractivity contribution in [3.8, 4) is 0 Å². The molecule has 0 atom stereocenters. The van der Waals surface area contributed by atoms with Gasteiger partial charge in [0.05, 0.1) is 12.2 Å². The lowest BCUT2D eigenvalue weighted by Crippen LogP contribution is -2.37. The minimum absolute atomic E-state index is 0. The van der Waals surface area contributed by atoms with Crippen LogP contribution in [0.4, 0.5) is 0 Å². The molecule has 0 radical (unpaired) electrons. The average Bonchev–Trinajstić information content (AvgIpc) is 3.10. The minimum Gasteiger partial charge on any atom is -0.352 e. The van der Waals surface area contributed by atoms with Crippen molar-refractivity contribution >= 4 is 35.6 Å². The Morgan fingerprint density at radius 3 is 2.60 bits per heavy atom. The number of aromatic nitrogens is 5. The van der Waals surface area contributed by atoms with Gasteiger partial charge in [0.15, 0.2) is 17.4 Å². The average molecular weight is 454 g/mol. The fourth-order valence-electron chi connectivity index (χ4n) is 2.64. The van der Waals surface area contributed by atoms with Crippen molar-refractivity contribution in [2.24, 2.45) is 12.0 Å². The van der Waals surface area contributed by atoms with Crippen LogP contribution in [0.5, 0.6) is 0 Å². The summed E-state index contributed by atoms with van der Waals surface area (Å²) in [6, 6.07) is 5.83. The molecular weight excluding hydrogens is 431 g/mol. The Balaban J connectivity index is 0.00000225. The van der Waals surface area contributed by atoms with Crippen LogP contribution >= 0.6 is 24.0 Å². The lowest BCUT2D eigenvalue weighted by molar-refractivity contribution is 0.727. The van der Waals surface area contributed by atoms with Gasteiger partial charge in [-0.05, 0) is 26.0 Å². The van der Waals surface area contributed by atoms with Crippen molar-refractivity contribution in [1.29, 1.82) is 0 Å². The zero-order chi connectivity index (χ0) is 17.1. The number of pyridine rings is 1. The summed E-state index contributed by atoms with van der Waals surface area (Å²) in [5.41, 5.74) is 4.20. The molecule has 3 heterocycles. The van der Waals surface area contributed by atoms with Gasteiger partial charge in [-0.1, -0.05) is 6.07 Å². The van der Waals surface area contributed by atoms with E-state index in [9.17, 15) is 0 Å². The van der Waals surface area contributed by atoms with E-state index in [-0.39, 0.29) is 24.0 Å². The van der Waals surface area contributed by atoms with E-state index in [1.807, 2.05) is 47.4 Å². The van der Waals surface area contributed by atoms with E-state index in [2.05, 4.69) is 37.8 Å². The van der Waals surface area contributed by atoms with Gasteiger partial charge in [0, 0.05) is 38.1 Å². The van der Waals surface area contributed by atoms with Crippen molar-refractivity contribution < 1.29 is 0 Å². The molecule has 0 bridgehead atoms. The van der Waals surface area contributed by atoms with Gasteiger partial charge < -0.3 is 10.6 Å². The predicted octanol–water partition coefficient (Wildman–Crippen LogP) is 1.56. The van der Waals surface area contributed by atoms with Gasteiger partial charge in [-0.2, -0.15) is 5.10 Å². The van der Waals surface area contributed by atoms with Gasteiger partial charge in [0.25, 0.3) is 0 Å². The van der Waals surface area contributed by atoms with Gasteiger partial charge in [0.2, 0.25) is 0 Å². The summed E-state index contributed by atoms with van der Waals surface area (Å²) in [6.45, 7) is 5.29. The van der Waals surface area contributed by atoms with Crippen molar-refractivity contribution in [3.63, 3.8) is 0 Å². The Kier molecular flexibility index (Phi) is 6.34. The number of hydrogen-bond acceptors (Lipinski definition) is 4. The lowest BCUT2D eigenvalue weighted by atomic mass is 10.2. The van der Waals surface area contributed by atoms with Crippen LogP contribution in [0.2, 0.25) is 0 Å². The Labute approximate surface area is 163 Å². The quantitative estimate of drug-likeness (QED) is 0.355. The standard InChI is InChI=1S/C16H22N8.HI/c1-11-13(12(2)23(4)22-11)9-18-16(17-3)19-10-15-21-20-14-7-5-6-8-24(14)15;/h5-8H,9-10H2,1-4H3,(H2,17,18,19);1H. The highest BCUT2D eigenvalue weighted by molar-refractivity contribution is 14.0. The molecule has 134 valence electrons. The summed E-state index contributed by atoms with van der Waals surface area (Å²) in [4.78, 5) is 4.26. The van der Waals surface area contributed by atoms with Gasteiger partial charge in [-0.15, -0.1) is 34.2 Å². The first-order chi connectivity index (χ1) is 11.6. The molecule has 0 aliphatic heterocycles. The Hall–Kier alpha value is -2.17. The molecule has 2 N–H and O–H groups in total. The lowest BCUT2D eigenvalue weighted by Gasteiger charge is -2.11. The highest BCUT2D eigenvalue weighted by atomic mass is 127. The van der Waals surface area contributed by atoms with Gasteiger partial charge >= 0.3 is 0 Å². The third-order valence-corrected chi connectivity index (χ3v) is 4.11. The molecule has 9 heteroatoms. The molecule has 0 aromatic carbocycles. The summed E-state index contributed by atoms with van der Waals surface area (Å²) in [6.07, 6.45) is 1.95. The molecule has 0 saturated carbocycles. The normalized spacial score (nSPS) is 11.4. The van der Waals surface area contributed by atoms with Crippen LogP contribution in [-0.2, 0) is 20.1 Å². The van der Waals surface area contributed by atoms with E-state index in [0.29, 0.717) is 19.0 Å². The first-order valence-corrected chi connectivity index (χ1v) is 7.82. The third kappa shape index (κ3) is 4.09. The molecule has 0 unspecified atom stereocenters. The molecule has 0 aliphatic rings. The molecule has 0 amide bonds. The second kappa shape index (κ2) is 8.28. The largest absolute Gasteiger partial charge is 0.352 e. The van der Waals surface area contributed by atoms with E-state index in [1.54, 1.807) is 7.05 Å². The molecule has 3 aromatic heterocycles. The molecule has 0 fully saturated rings. The first kappa shape index (κ1) is 19.2. The SMILES string of the molecule is CN=C(NCc1c(C)nn(C)c1C)NCc1nnc2ccccn12.I. The van der Waals surface area contributed by atoms with Gasteiger partial charge in [0.1, 0.15) is 0 Å². The maximum Gasteiger partial charge on any atom is 0.191 e. The second-order valence-electron chi connectivity index (χ2n) is 5.60. The minimum atomic E-state index is 0. The number of nitrogens with one attached hydrogen (secondary N) is 2. The van der Waals surface area contributed by atoms with Crippen LogP contribution in [0.15, 0.2) is 29.4 Å². The maximum absolute atomic E-state index is 4.43. The monoisotopic (exact) mass is 454 g/mol. The number of rotatable bonds is 4. The van der Waals surface area contributed by atoms with Gasteiger partial charge in [-0.25, -0.2) is 0 Å². The highest BCUT2D eigenvalue weighted by Gasteiger charge is 2.10. The molecule has 3 aromatic rings. The number of hydrogen-bond donors (Lipinski definition) is 2. The zero-order valence-corrected chi connectivity index (χ0v) is 17.1. The highest BCUT2D eigenvalue weighted by Crippen LogP contribution is 2.11. The van der Waals surface area contributed by atoms with Crippen LogP contribution in [0, 0.1) is 13.8 Å².